The smallest absolute Gasteiger partial charge is 0.257 e. The summed E-state index contributed by atoms with van der Waals surface area (Å²) >= 11 is 3.22. The first kappa shape index (κ1) is 14.5. The Balaban J connectivity index is 2.26. The van der Waals surface area contributed by atoms with Gasteiger partial charge in [0.15, 0.2) is 0 Å². The second kappa shape index (κ2) is 6.47. The van der Waals surface area contributed by atoms with Gasteiger partial charge >= 0.3 is 0 Å². The number of pyridine rings is 1. The summed E-state index contributed by atoms with van der Waals surface area (Å²) in [6.45, 7) is 2.26. The highest BCUT2D eigenvalue weighted by Gasteiger charge is 2.14. The molecule has 0 aliphatic carbocycles. The van der Waals surface area contributed by atoms with Gasteiger partial charge in [-0.1, -0.05) is 0 Å². The maximum absolute atomic E-state index is 13.2. The van der Waals surface area contributed by atoms with Crippen molar-refractivity contribution in [2.45, 2.75) is 6.92 Å². The number of hydrogen-bond donors (Lipinski definition) is 1. The van der Waals surface area contributed by atoms with Crippen LogP contribution in [0.2, 0.25) is 0 Å². The predicted molar refractivity (Wildman–Crippen MR) is 77.5 cm³/mol. The molecule has 4 nitrogen and oxygen atoms in total. The molecule has 0 saturated carbocycles. The third-order valence-corrected chi connectivity index (χ3v) is 3.16. The number of nitrogens with zero attached hydrogens (tertiary/aromatic N) is 1. The van der Waals surface area contributed by atoms with Gasteiger partial charge in [0.05, 0.1) is 12.2 Å². The molecule has 0 aliphatic heterocycles. The minimum atomic E-state index is -0.477. The number of anilines is 1. The number of carbonyl (C=O) groups excluding carboxylic acids is 1. The zero-order valence-electron chi connectivity index (χ0n) is 10.7. The van der Waals surface area contributed by atoms with Gasteiger partial charge < -0.3 is 10.1 Å². The molecule has 1 aromatic carbocycles. The van der Waals surface area contributed by atoms with Crippen molar-refractivity contribution in [3.05, 3.63) is 52.4 Å². The highest BCUT2D eigenvalue weighted by Crippen LogP contribution is 2.23. The Morgan fingerprint density at radius 3 is 3.00 bits per heavy atom. The van der Waals surface area contributed by atoms with Crippen LogP contribution < -0.4 is 10.1 Å². The van der Waals surface area contributed by atoms with Crippen molar-refractivity contribution in [3.8, 4) is 5.88 Å². The number of rotatable bonds is 4. The van der Waals surface area contributed by atoms with Crippen molar-refractivity contribution in [1.29, 1.82) is 0 Å². The molecule has 1 N–H and O–H groups in total. The summed E-state index contributed by atoms with van der Waals surface area (Å²) in [5, 5.41) is 2.66. The third-order valence-electron chi connectivity index (χ3n) is 2.47. The van der Waals surface area contributed by atoms with Crippen LogP contribution in [0.3, 0.4) is 0 Å². The molecular formula is C14H12BrFN2O2. The molecule has 6 heteroatoms. The van der Waals surface area contributed by atoms with Crippen LogP contribution in [0.4, 0.5) is 10.1 Å². The van der Waals surface area contributed by atoms with Gasteiger partial charge in [0.25, 0.3) is 5.91 Å². The number of carbonyl (C=O) groups is 1. The van der Waals surface area contributed by atoms with E-state index in [1.807, 2.05) is 6.92 Å². The first-order valence-electron chi connectivity index (χ1n) is 5.96. The zero-order chi connectivity index (χ0) is 14.5. The lowest BCUT2D eigenvalue weighted by molar-refractivity contribution is 0.102. The number of benzene rings is 1. The molecule has 1 heterocycles. The van der Waals surface area contributed by atoms with E-state index in [2.05, 4.69) is 26.2 Å². The Morgan fingerprint density at radius 2 is 2.25 bits per heavy atom. The molecule has 1 aromatic heterocycles. The molecule has 0 unspecified atom stereocenters. The maximum atomic E-state index is 13.2. The van der Waals surface area contributed by atoms with Crippen LogP contribution in [-0.2, 0) is 0 Å². The van der Waals surface area contributed by atoms with Crippen LogP contribution in [0.25, 0.3) is 0 Å². The lowest BCUT2D eigenvalue weighted by atomic mass is 10.2. The Morgan fingerprint density at radius 1 is 1.45 bits per heavy atom. The lowest BCUT2D eigenvalue weighted by Gasteiger charge is -2.10. The third kappa shape index (κ3) is 3.33. The van der Waals surface area contributed by atoms with E-state index in [1.165, 1.54) is 12.1 Å². The molecule has 1 amide bonds. The summed E-state index contributed by atoms with van der Waals surface area (Å²) in [6.07, 6.45) is 1.57. The first-order chi connectivity index (χ1) is 9.61. The fourth-order valence-electron chi connectivity index (χ4n) is 1.60. The molecule has 0 saturated heterocycles. The van der Waals surface area contributed by atoms with Gasteiger partial charge in [0.1, 0.15) is 11.5 Å². The van der Waals surface area contributed by atoms with Gasteiger partial charge in [-0.25, -0.2) is 9.37 Å². The van der Waals surface area contributed by atoms with E-state index in [0.29, 0.717) is 22.6 Å². The molecule has 20 heavy (non-hydrogen) atoms. The molecule has 0 radical (unpaired) electrons. The maximum Gasteiger partial charge on any atom is 0.257 e. The quantitative estimate of drug-likeness (QED) is 0.925. The zero-order valence-corrected chi connectivity index (χ0v) is 12.3. The average molecular weight is 339 g/mol. The van der Waals surface area contributed by atoms with E-state index < -0.39 is 11.7 Å². The number of nitrogens with one attached hydrogen (secondary N) is 1. The molecule has 0 bridgehead atoms. The van der Waals surface area contributed by atoms with Gasteiger partial charge in [0.2, 0.25) is 5.88 Å². The van der Waals surface area contributed by atoms with Crippen LogP contribution in [0, 0.1) is 5.82 Å². The van der Waals surface area contributed by atoms with Gasteiger partial charge in [-0.15, -0.1) is 0 Å². The first-order valence-corrected chi connectivity index (χ1v) is 6.75. The van der Waals surface area contributed by atoms with Crippen LogP contribution in [0.15, 0.2) is 41.0 Å². The van der Waals surface area contributed by atoms with Crippen LogP contribution in [-0.4, -0.2) is 17.5 Å². The molecule has 0 atom stereocenters. The topological polar surface area (TPSA) is 51.2 Å². The molecular weight excluding hydrogens is 327 g/mol. The number of aromatic nitrogens is 1. The van der Waals surface area contributed by atoms with Gasteiger partial charge in [-0.05, 0) is 53.2 Å². The van der Waals surface area contributed by atoms with Crippen molar-refractivity contribution in [3.63, 3.8) is 0 Å². The van der Waals surface area contributed by atoms with E-state index in [0.717, 1.165) is 6.07 Å². The lowest BCUT2D eigenvalue weighted by Crippen LogP contribution is -2.14. The minimum absolute atomic E-state index is 0.205. The number of hydrogen-bond acceptors (Lipinski definition) is 3. The van der Waals surface area contributed by atoms with Gasteiger partial charge in [-0.2, -0.15) is 0 Å². The van der Waals surface area contributed by atoms with Crippen molar-refractivity contribution < 1.29 is 13.9 Å². The summed E-state index contributed by atoms with van der Waals surface area (Å²) < 4.78 is 19.0. The Labute approximate surface area is 124 Å². The van der Waals surface area contributed by atoms with E-state index in [1.54, 1.807) is 18.3 Å². The molecule has 104 valence electrons. The molecule has 2 rings (SSSR count). The highest BCUT2D eigenvalue weighted by molar-refractivity contribution is 9.10. The van der Waals surface area contributed by atoms with E-state index in [-0.39, 0.29) is 5.56 Å². The average Bonchev–Trinajstić information content (AvgIpc) is 2.44. The minimum Gasteiger partial charge on any atom is -0.476 e. The number of halogens is 2. The van der Waals surface area contributed by atoms with E-state index in [9.17, 15) is 9.18 Å². The van der Waals surface area contributed by atoms with E-state index >= 15 is 0 Å². The number of amides is 1. The fraction of sp³-hybridized carbons (Fsp3) is 0.143. The van der Waals surface area contributed by atoms with Crippen molar-refractivity contribution in [1.82, 2.24) is 4.98 Å². The van der Waals surface area contributed by atoms with Crippen molar-refractivity contribution in [2.24, 2.45) is 0 Å². The number of ether oxygens (including phenoxy) is 1. The second-order valence-electron chi connectivity index (χ2n) is 3.87. The Hall–Kier alpha value is -1.95. The second-order valence-corrected chi connectivity index (χ2v) is 4.72. The van der Waals surface area contributed by atoms with Gasteiger partial charge in [0, 0.05) is 10.7 Å². The normalized spacial score (nSPS) is 10.2. The van der Waals surface area contributed by atoms with Crippen molar-refractivity contribution in [2.75, 3.05) is 11.9 Å². The Kier molecular flexibility index (Phi) is 4.68. The highest BCUT2D eigenvalue weighted by atomic mass is 79.9. The summed E-state index contributed by atoms with van der Waals surface area (Å²) in [5.74, 6) is -0.587. The van der Waals surface area contributed by atoms with Crippen LogP contribution in [0.1, 0.15) is 17.3 Å². The van der Waals surface area contributed by atoms with E-state index in [4.69, 9.17) is 4.74 Å². The molecule has 0 aliphatic rings. The predicted octanol–water partition coefficient (Wildman–Crippen LogP) is 3.63. The van der Waals surface area contributed by atoms with Crippen molar-refractivity contribution >= 4 is 27.5 Å². The summed E-state index contributed by atoms with van der Waals surface area (Å²) in [4.78, 5) is 16.2. The monoisotopic (exact) mass is 338 g/mol. The molecule has 2 aromatic rings. The summed E-state index contributed by atoms with van der Waals surface area (Å²) in [6, 6.07) is 7.27. The fourth-order valence-corrected chi connectivity index (χ4v) is 2.03. The Bertz CT molecular complexity index is 634. The molecule has 0 spiro atoms. The largest absolute Gasteiger partial charge is 0.476 e. The van der Waals surface area contributed by atoms with Crippen LogP contribution >= 0.6 is 15.9 Å². The summed E-state index contributed by atoms with van der Waals surface area (Å²) in [5.41, 5.74) is 0.645. The summed E-state index contributed by atoms with van der Waals surface area (Å²) in [7, 11) is 0. The molecule has 0 fully saturated rings. The van der Waals surface area contributed by atoms with Crippen LogP contribution in [0.5, 0.6) is 5.88 Å². The SMILES string of the molecule is CCOc1ncccc1NC(=O)c1cc(F)ccc1Br. The van der Waals surface area contributed by atoms with Gasteiger partial charge in [-0.3, -0.25) is 4.79 Å². The standard InChI is InChI=1S/C14H12BrFN2O2/c1-2-20-14-12(4-3-7-17-14)18-13(19)10-8-9(16)5-6-11(10)15/h3-8H,2H2,1H3,(H,18,19).